The third kappa shape index (κ3) is 8.86. The summed E-state index contributed by atoms with van der Waals surface area (Å²) in [7, 11) is -2.87. The Bertz CT molecular complexity index is 1700. The van der Waals surface area contributed by atoms with E-state index in [1.165, 1.54) is 48.4 Å². The Balaban J connectivity index is 1.80. The predicted octanol–water partition coefficient (Wildman–Crippen LogP) is 6.24. The van der Waals surface area contributed by atoms with Crippen LogP contribution in [0.25, 0.3) is 0 Å². The smallest absolute Gasteiger partial charge is 0.264 e. The number of amides is 2. The van der Waals surface area contributed by atoms with E-state index in [-0.39, 0.29) is 35.5 Å². The van der Waals surface area contributed by atoms with Crippen molar-refractivity contribution in [3.05, 3.63) is 125 Å². The number of sulfonamides is 1. The number of benzene rings is 4. The van der Waals surface area contributed by atoms with Crippen LogP contribution < -0.4 is 14.4 Å². The topological polar surface area (TPSA) is 96.0 Å². The molecule has 0 aromatic heterocycles. The molecule has 0 aliphatic rings. The molecule has 11 heteroatoms. The van der Waals surface area contributed by atoms with E-state index in [1.807, 2.05) is 44.2 Å². The van der Waals surface area contributed by atoms with Gasteiger partial charge >= 0.3 is 0 Å². The van der Waals surface area contributed by atoms with Gasteiger partial charge in [-0.2, -0.15) is 0 Å². The lowest BCUT2D eigenvalue weighted by molar-refractivity contribution is -0.140. The van der Waals surface area contributed by atoms with Crippen LogP contribution in [-0.4, -0.2) is 50.9 Å². The van der Waals surface area contributed by atoms with Crippen LogP contribution in [0.15, 0.2) is 108 Å². The highest BCUT2D eigenvalue weighted by atomic mass is 35.5. The lowest BCUT2D eigenvalue weighted by atomic mass is 10.0. The standard InChI is InChI=1S/C35H37ClFN3O5S/c1-4-25(2)38-35(42)33(22-26-8-6-5-7-9-26)39(23-27-10-12-28(36)13-11-27)34(41)24-40(30-16-14-29(37)15-17-30)46(43,44)32-20-18-31(45-3)19-21-32/h5-21,25,33H,4,22-24H2,1-3H3,(H,38,42). The van der Waals surface area contributed by atoms with E-state index in [1.54, 1.807) is 24.3 Å². The number of ether oxygens (including phenoxy) is 1. The highest BCUT2D eigenvalue weighted by molar-refractivity contribution is 7.92. The van der Waals surface area contributed by atoms with Crippen molar-refractivity contribution < 1.29 is 27.1 Å². The van der Waals surface area contributed by atoms with Gasteiger partial charge in [0.25, 0.3) is 10.0 Å². The van der Waals surface area contributed by atoms with Crippen LogP contribution in [0.4, 0.5) is 10.1 Å². The molecule has 0 aliphatic heterocycles. The van der Waals surface area contributed by atoms with Crippen LogP contribution in [0.1, 0.15) is 31.4 Å². The van der Waals surface area contributed by atoms with Gasteiger partial charge in [-0.3, -0.25) is 13.9 Å². The fraction of sp³-hybridized carbons (Fsp3) is 0.257. The van der Waals surface area contributed by atoms with E-state index in [0.29, 0.717) is 22.8 Å². The summed E-state index contributed by atoms with van der Waals surface area (Å²) in [4.78, 5) is 29.6. The largest absolute Gasteiger partial charge is 0.497 e. The van der Waals surface area contributed by atoms with Gasteiger partial charge < -0.3 is 15.0 Å². The van der Waals surface area contributed by atoms with Crippen molar-refractivity contribution in [2.45, 2.75) is 50.2 Å². The summed E-state index contributed by atoms with van der Waals surface area (Å²) >= 11 is 6.13. The van der Waals surface area contributed by atoms with Crippen LogP contribution in [0.2, 0.25) is 5.02 Å². The minimum absolute atomic E-state index is 0.00126. The normalized spacial score (nSPS) is 12.5. The second-order valence-electron chi connectivity index (χ2n) is 10.8. The molecule has 4 aromatic carbocycles. The van der Waals surface area contributed by atoms with Gasteiger partial charge in [0.05, 0.1) is 17.7 Å². The van der Waals surface area contributed by atoms with E-state index in [9.17, 15) is 22.4 Å². The molecule has 0 saturated carbocycles. The van der Waals surface area contributed by atoms with E-state index in [2.05, 4.69) is 5.32 Å². The zero-order chi connectivity index (χ0) is 33.3. The molecule has 4 rings (SSSR count). The van der Waals surface area contributed by atoms with E-state index >= 15 is 0 Å². The maximum Gasteiger partial charge on any atom is 0.264 e. The number of hydrogen-bond donors (Lipinski definition) is 1. The maximum atomic E-state index is 14.5. The molecule has 4 aromatic rings. The van der Waals surface area contributed by atoms with Crippen molar-refractivity contribution in [3.8, 4) is 5.75 Å². The van der Waals surface area contributed by atoms with Crippen molar-refractivity contribution in [1.82, 2.24) is 10.2 Å². The number of carbonyl (C=O) groups excluding carboxylic acids is 2. The summed E-state index contributed by atoms with van der Waals surface area (Å²) in [5.74, 6) is -1.11. The molecule has 2 atom stereocenters. The van der Waals surface area contributed by atoms with Crippen molar-refractivity contribution in [1.29, 1.82) is 0 Å². The first kappa shape index (κ1) is 34.5. The van der Waals surface area contributed by atoms with Gasteiger partial charge in [-0.05, 0) is 85.1 Å². The molecule has 242 valence electrons. The molecule has 8 nitrogen and oxygen atoms in total. The molecule has 0 bridgehead atoms. The Kier molecular flexibility index (Phi) is 11.8. The Morgan fingerprint density at radius 1 is 0.891 bits per heavy atom. The minimum Gasteiger partial charge on any atom is -0.497 e. The maximum absolute atomic E-state index is 14.5. The summed E-state index contributed by atoms with van der Waals surface area (Å²) in [5.41, 5.74) is 1.60. The number of nitrogens with zero attached hydrogens (tertiary/aromatic N) is 2. The Hall–Kier alpha value is -4.41. The van der Waals surface area contributed by atoms with Crippen molar-refractivity contribution in [2.75, 3.05) is 18.0 Å². The number of rotatable bonds is 14. The highest BCUT2D eigenvalue weighted by Gasteiger charge is 2.35. The van der Waals surface area contributed by atoms with Crippen molar-refractivity contribution >= 4 is 39.1 Å². The summed E-state index contributed by atoms with van der Waals surface area (Å²) < 4.78 is 48.2. The molecule has 0 heterocycles. The molecular formula is C35H37ClFN3O5S. The molecule has 0 saturated heterocycles. The molecule has 2 amide bonds. The predicted molar refractivity (Wildman–Crippen MR) is 178 cm³/mol. The number of halogens is 2. The first-order valence-corrected chi connectivity index (χ1v) is 16.6. The summed E-state index contributed by atoms with van der Waals surface area (Å²) in [6.45, 7) is 3.16. The second-order valence-corrected chi connectivity index (χ2v) is 13.1. The number of carbonyl (C=O) groups is 2. The first-order chi connectivity index (χ1) is 22.0. The monoisotopic (exact) mass is 665 g/mol. The molecular weight excluding hydrogens is 629 g/mol. The summed E-state index contributed by atoms with van der Waals surface area (Å²) in [5, 5.41) is 3.50. The van der Waals surface area contributed by atoms with Gasteiger partial charge in [-0.15, -0.1) is 0 Å². The number of methoxy groups -OCH3 is 1. The molecule has 1 N–H and O–H groups in total. The highest BCUT2D eigenvalue weighted by Crippen LogP contribution is 2.27. The molecule has 0 fully saturated rings. The Morgan fingerprint density at radius 2 is 1.52 bits per heavy atom. The second kappa shape index (κ2) is 15.7. The SMILES string of the molecule is CCC(C)NC(=O)C(Cc1ccccc1)N(Cc1ccc(Cl)cc1)C(=O)CN(c1ccc(F)cc1)S(=O)(=O)c1ccc(OC)cc1. The van der Waals surface area contributed by atoms with Gasteiger partial charge in [0.15, 0.2) is 0 Å². The minimum atomic E-state index is -4.34. The van der Waals surface area contributed by atoms with Crippen LogP contribution in [0.5, 0.6) is 5.75 Å². The third-order valence-electron chi connectivity index (χ3n) is 7.58. The zero-order valence-electron chi connectivity index (χ0n) is 25.9. The van der Waals surface area contributed by atoms with Crippen molar-refractivity contribution in [2.24, 2.45) is 0 Å². The lowest BCUT2D eigenvalue weighted by Gasteiger charge is -2.34. The van der Waals surface area contributed by atoms with Crippen molar-refractivity contribution in [3.63, 3.8) is 0 Å². The van der Waals surface area contributed by atoms with Gasteiger partial charge in [-0.25, -0.2) is 12.8 Å². The van der Waals surface area contributed by atoms with Gasteiger partial charge in [-0.1, -0.05) is 61.0 Å². The first-order valence-electron chi connectivity index (χ1n) is 14.8. The number of anilines is 1. The van der Waals surface area contributed by atoms with Gasteiger partial charge in [0.2, 0.25) is 11.8 Å². The Labute approximate surface area is 274 Å². The quantitative estimate of drug-likeness (QED) is 0.172. The third-order valence-corrected chi connectivity index (χ3v) is 9.62. The van der Waals surface area contributed by atoms with E-state index in [4.69, 9.17) is 16.3 Å². The molecule has 0 radical (unpaired) electrons. The van der Waals surface area contributed by atoms with Crippen LogP contribution in [-0.2, 0) is 32.6 Å². The van der Waals surface area contributed by atoms with E-state index < -0.39 is 34.3 Å². The average molecular weight is 666 g/mol. The summed E-state index contributed by atoms with van der Waals surface area (Å²) in [6, 6.07) is 25.6. The Morgan fingerprint density at radius 3 is 2.11 bits per heavy atom. The number of nitrogens with one attached hydrogen (secondary N) is 1. The fourth-order valence-corrected chi connectivity index (χ4v) is 6.33. The van der Waals surface area contributed by atoms with Gasteiger partial charge in [0, 0.05) is 24.0 Å². The van der Waals surface area contributed by atoms with Crippen LogP contribution >= 0.6 is 11.6 Å². The van der Waals surface area contributed by atoms with Gasteiger partial charge in [0.1, 0.15) is 24.2 Å². The molecule has 46 heavy (non-hydrogen) atoms. The zero-order valence-corrected chi connectivity index (χ0v) is 27.5. The lowest BCUT2D eigenvalue weighted by Crippen LogP contribution is -2.54. The van der Waals surface area contributed by atoms with Crippen LogP contribution in [0.3, 0.4) is 0 Å². The molecule has 2 unspecified atom stereocenters. The van der Waals surface area contributed by atoms with Crippen LogP contribution in [0, 0.1) is 5.82 Å². The average Bonchev–Trinajstić information content (AvgIpc) is 3.06. The van der Waals surface area contributed by atoms with E-state index in [0.717, 1.165) is 22.0 Å². The number of hydrogen-bond acceptors (Lipinski definition) is 5. The fourth-order valence-electron chi connectivity index (χ4n) is 4.79. The molecule has 0 spiro atoms. The molecule has 0 aliphatic carbocycles. The summed E-state index contributed by atoms with van der Waals surface area (Å²) in [6.07, 6.45) is 0.859.